The lowest BCUT2D eigenvalue weighted by Crippen LogP contribution is -2.13. The number of hydrogen-bond donors (Lipinski definition) is 2. The first-order valence-corrected chi connectivity index (χ1v) is 9.13. The standard InChI is InChI=1S/C20H23N5O5/c1-12-19(22-20(28)15-8-21-24(10-15)11-18(26)27)13(2)25(23-12)9-14-5-6-16(29-3)17(7-14)30-4/h5-8,10H,9,11H2,1-4H3,(H,22,28)(H,26,27). The summed E-state index contributed by atoms with van der Waals surface area (Å²) in [5.74, 6) is -0.147. The molecule has 0 fully saturated rings. The van der Waals surface area contributed by atoms with Crippen LogP contribution in [-0.4, -0.2) is 50.8 Å². The summed E-state index contributed by atoms with van der Waals surface area (Å²) in [4.78, 5) is 23.3. The van der Waals surface area contributed by atoms with E-state index in [1.54, 1.807) is 18.9 Å². The van der Waals surface area contributed by atoms with E-state index in [4.69, 9.17) is 14.6 Å². The normalized spacial score (nSPS) is 10.7. The third-order valence-electron chi connectivity index (χ3n) is 4.59. The summed E-state index contributed by atoms with van der Waals surface area (Å²) in [7, 11) is 3.16. The Labute approximate surface area is 173 Å². The minimum atomic E-state index is -1.03. The van der Waals surface area contributed by atoms with Crippen molar-refractivity contribution < 1.29 is 24.2 Å². The number of methoxy groups -OCH3 is 2. The minimum absolute atomic E-state index is 0.266. The van der Waals surface area contributed by atoms with Crippen molar-refractivity contribution in [2.75, 3.05) is 19.5 Å². The van der Waals surface area contributed by atoms with Crippen LogP contribution < -0.4 is 14.8 Å². The molecule has 158 valence electrons. The van der Waals surface area contributed by atoms with E-state index < -0.39 is 5.97 Å². The molecule has 2 heterocycles. The van der Waals surface area contributed by atoms with Crippen LogP contribution in [0.25, 0.3) is 0 Å². The van der Waals surface area contributed by atoms with E-state index in [9.17, 15) is 9.59 Å². The second-order valence-corrected chi connectivity index (χ2v) is 6.67. The Kier molecular flexibility index (Phi) is 6.05. The lowest BCUT2D eigenvalue weighted by molar-refractivity contribution is -0.137. The third-order valence-corrected chi connectivity index (χ3v) is 4.59. The van der Waals surface area contributed by atoms with Gasteiger partial charge in [-0.05, 0) is 31.5 Å². The molecule has 30 heavy (non-hydrogen) atoms. The van der Waals surface area contributed by atoms with E-state index in [0.717, 1.165) is 11.3 Å². The summed E-state index contributed by atoms with van der Waals surface area (Å²) >= 11 is 0. The molecule has 0 radical (unpaired) electrons. The summed E-state index contributed by atoms with van der Waals surface area (Å²) < 4.78 is 13.6. The van der Waals surface area contributed by atoms with Gasteiger partial charge in [-0.25, -0.2) is 0 Å². The van der Waals surface area contributed by atoms with Crippen molar-refractivity contribution in [1.29, 1.82) is 0 Å². The summed E-state index contributed by atoms with van der Waals surface area (Å²) in [6, 6.07) is 5.63. The van der Waals surface area contributed by atoms with Gasteiger partial charge in [-0.15, -0.1) is 0 Å². The van der Waals surface area contributed by atoms with Crippen LogP contribution in [0, 0.1) is 13.8 Å². The molecule has 2 aromatic heterocycles. The lowest BCUT2D eigenvalue weighted by Gasteiger charge is -2.11. The topological polar surface area (TPSA) is 120 Å². The van der Waals surface area contributed by atoms with Gasteiger partial charge in [-0.3, -0.25) is 19.0 Å². The monoisotopic (exact) mass is 413 g/mol. The van der Waals surface area contributed by atoms with Crippen LogP contribution in [-0.2, 0) is 17.9 Å². The average Bonchev–Trinajstić information content (AvgIpc) is 3.27. The van der Waals surface area contributed by atoms with Crippen LogP contribution in [0.4, 0.5) is 5.69 Å². The molecular weight excluding hydrogens is 390 g/mol. The zero-order valence-electron chi connectivity index (χ0n) is 17.2. The number of anilines is 1. The molecule has 3 aromatic rings. The fourth-order valence-electron chi connectivity index (χ4n) is 3.08. The van der Waals surface area contributed by atoms with Crippen molar-refractivity contribution in [1.82, 2.24) is 19.6 Å². The largest absolute Gasteiger partial charge is 0.493 e. The molecular formula is C20H23N5O5. The maximum Gasteiger partial charge on any atom is 0.325 e. The van der Waals surface area contributed by atoms with Crippen LogP contribution >= 0.6 is 0 Å². The number of aliphatic carboxylic acids is 1. The van der Waals surface area contributed by atoms with Gasteiger partial charge < -0.3 is 19.9 Å². The second-order valence-electron chi connectivity index (χ2n) is 6.67. The molecule has 0 aliphatic rings. The molecule has 0 unspecified atom stereocenters. The molecule has 10 heteroatoms. The number of nitrogens with zero attached hydrogens (tertiary/aromatic N) is 4. The number of carbonyl (C=O) groups is 2. The first-order chi connectivity index (χ1) is 14.3. The first kappa shape index (κ1) is 20.9. The van der Waals surface area contributed by atoms with E-state index >= 15 is 0 Å². The fraction of sp³-hybridized carbons (Fsp3) is 0.300. The van der Waals surface area contributed by atoms with Crippen molar-refractivity contribution in [3.05, 3.63) is 53.1 Å². The molecule has 1 amide bonds. The number of carbonyl (C=O) groups excluding carboxylic acids is 1. The van der Waals surface area contributed by atoms with Gasteiger partial charge in [0.25, 0.3) is 5.91 Å². The molecule has 0 atom stereocenters. The van der Waals surface area contributed by atoms with E-state index in [1.165, 1.54) is 17.1 Å². The Morgan fingerprint density at radius 3 is 2.57 bits per heavy atom. The SMILES string of the molecule is COc1ccc(Cn2nc(C)c(NC(=O)c3cnn(CC(=O)O)c3)c2C)cc1OC. The number of aryl methyl sites for hydroxylation is 1. The van der Waals surface area contributed by atoms with Crippen LogP contribution in [0.2, 0.25) is 0 Å². The molecule has 0 aliphatic heterocycles. The molecule has 0 saturated carbocycles. The zero-order valence-corrected chi connectivity index (χ0v) is 17.2. The van der Waals surface area contributed by atoms with E-state index in [2.05, 4.69) is 15.5 Å². The smallest absolute Gasteiger partial charge is 0.325 e. The maximum atomic E-state index is 12.6. The highest BCUT2D eigenvalue weighted by Crippen LogP contribution is 2.28. The lowest BCUT2D eigenvalue weighted by atomic mass is 10.2. The highest BCUT2D eigenvalue weighted by Gasteiger charge is 2.17. The Morgan fingerprint density at radius 1 is 1.17 bits per heavy atom. The number of benzene rings is 1. The van der Waals surface area contributed by atoms with Crippen LogP contribution in [0.1, 0.15) is 27.3 Å². The highest BCUT2D eigenvalue weighted by atomic mass is 16.5. The fourth-order valence-corrected chi connectivity index (χ4v) is 3.08. The molecule has 0 bridgehead atoms. The predicted octanol–water partition coefficient (Wildman–Crippen LogP) is 2.10. The quantitative estimate of drug-likeness (QED) is 0.580. The van der Waals surface area contributed by atoms with Gasteiger partial charge in [0, 0.05) is 6.20 Å². The van der Waals surface area contributed by atoms with Gasteiger partial charge >= 0.3 is 5.97 Å². The number of rotatable bonds is 8. The molecule has 0 spiro atoms. The minimum Gasteiger partial charge on any atom is -0.493 e. The number of carboxylic acids is 1. The van der Waals surface area contributed by atoms with Crippen molar-refractivity contribution in [3.63, 3.8) is 0 Å². The van der Waals surface area contributed by atoms with Gasteiger partial charge in [0.1, 0.15) is 6.54 Å². The van der Waals surface area contributed by atoms with Gasteiger partial charge in [0.2, 0.25) is 0 Å². The van der Waals surface area contributed by atoms with Crippen LogP contribution in [0.5, 0.6) is 11.5 Å². The van der Waals surface area contributed by atoms with Crippen molar-refractivity contribution in [2.24, 2.45) is 0 Å². The summed E-state index contributed by atoms with van der Waals surface area (Å²) in [5, 5.41) is 20.1. The number of nitrogens with one attached hydrogen (secondary N) is 1. The Morgan fingerprint density at radius 2 is 1.90 bits per heavy atom. The van der Waals surface area contributed by atoms with E-state index in [0.29, 0.717) is 29.4 Å². The Balaban J connectivity index is 1.78. The summed E-state index contributed by atoms with van der Waals surface area (Å²) in [6.45, 7) is 3.85. The Bertz CT molecular complexity index is 1090. The number of aromatic nitrogens is 4. The van der Waals surface area contributed by atoms with E-state index in [-0.39, 0.29) is 18.0 Å². The van der Waals surface area contributed by atoms with Gasteiger partial charge in [0.05, 0.1) is 49.6 Å². The molecule has 0 saturated heterocycles. The van der Waals surface area contributed by atoms with Crippen LogP contribution in [0.15, 0.2) is 30.6 Å². The Hall–Kier alpha value is -3.82. The average molecular weight is 413 g/mol. The van der Waals surface area contributed by atoms with Gasteiger partial charge in [0.15, 0.2) is 11.5 Å². The second kappa shape index (κ2) is 8.68. The molecule has 10 nitrogen and oxygen atoms in total. The summed E-state index contributed by atoms with van der Waals surface area (Å²) in [5.41, 5.74) is 3.29. The number of carboxylic acid groups (broad SMARTS) is 1. The number of amides is 1. The van der Waals surface area contributed by atoms with Gasteiger partial charge in [-0.2, -0.15) is 10.2 Å². The van der Waals surface area contributed by atoms with Crippen LogP contribution in [0.3, 0.4) is 0 Å². The first-order valence-electron chi connectivity index (χ1n) is 9.13. The van der Waals surface area contributed by atoms with Crippen molar-refractivity contribution in [2.45, 2.75) is 26.9 Å². The maximum absolute atomic E-state index is 12.6. The predicted molar refractivity (Wildman–Crippen MR) is 108 cm³/mol. The van der Waals surface area contributed by atoms with Crippen molar-refractivity contribution >= 4 is 17.6 Å². The third kappa shape index (κ3) is 4.43. The summed E-state index contributed by atoms with van der Waals surface area (Å²) in [6.07, 6.45) is 2.72. The molecule has 1 aromatic carbocycles. The number of hydrogen-bond acceptors (Lipinski definition) is 6. The zero-order chi connectivity index (χ0) is 21.8. The number of ether oxygens (including phenoxy) is 2. The van der Waals surface area contributed by atoms with Crippen molar-refractivity contribution in [3.8, 4) is 11.5 Å². The van der Waals surface area contributed by atoms with E-state index in [1.807, 2.05) is 32.0 Å². The highest BCUT2D eigenvalue weighted by molar-refractivity contribution is 6.04. The molecule has 2 N–H and O–H groups in total. The molecule has 0 aliphatic carbocycles. The van der Waals surface area contributed by atoms with Gasteiger partial charge in [-0.1, -0.05) is 6.07 Å². The molecule has 3 rings (SSSR count).